The molecule has 2 amide bonds. The number of carbonyl (C=O) groups is 2. The summed E-state index contributed by atoms with van der Waals surface area (Å²) in [6.45, 7) is 0. The van der Waals surface area contributed by atoms with E-state index in [-0.39, 0.29) is 17.2 Å². The van der Waals surface area contributed by atoms with Crippen LogP contribution in [0.5, 0.6) is 0 Å². The summed E-state index contributed by atoms with van der Waals surface area (Å²) in [6, 6.07) is 24.8. The van der Waals surface area contributed by atoms with Gasteiger partial charge >= 0.3 is 0 Å². The molecule has 0 saturated carbocycles. The summed E-state index contributed by atoms with van der Waals surface area (Å²) >= 11 is 7.93. The third-order valence-electron chi connectivity index (χ3n) is 5.27. The zero-order chi connectivity index (χ0) is 22.7. The number of benzene rings is 3. The van der Waals surface area contributed by atoms with Crippen LogP contribution in [0.2, 0.25) is 0 Å². The van der Waals surface area contributed by atoms with Crippen LogP contribution in [0.4, 0.5) is 17.1 Å². The van der Waals surface area contributed by atoms with Crippen molar-refractivity contribution in [1.29, 1.82) is 0 Å². The Morgan fingerprint density at radius 1 is 1.06 bits per heavy atom. The van der Waals surface area contributed by atoms with E-state index in [1.54, 1.807) is 11.8 Å². The first-order valence-electron chi connectivity index (χ1n) is 10.2. The van der Waals surface area contributed by atoms with E-state index >= 15 is 0 Å². The van der Waals surface area contributed by atoms with Crippen LogP contribution in [0.1, 0.15) is 21.9 Å². The minimum atomic E-state index is -0.783. The molecule has 1 aliphatic heterocycles. The number of hydrogen-bond acceptors (Lipinski definition) is 4. The van der Waals surface area contributed by atoms with Gasteiger partial charge in [-0.25, -0.2) is 0 Å². The third-order valence-corrected chi connectivity index (χ3v) is 6.94. The number of hydrogen-bond donors (Lipinski definition) is 1. The molecule has 0 aliphatic carbocycles. The average molecular weight is 466 g/mol. The third kappa shape index (κ3) is 4.76. The lowest BCUT2D eigenvalue weighted by atomic mass is 10.1. The van der Waals surface area contributed by atoms with Crippen molar-refractivity contribution < 1.29 is 9.59 Å². The minimum Gasteiger partial charge on any atom is -0.378 e. The molecule has 3 aromatic carbocycles. The fraction of sp³-hybridized carbons (Fsp3) is 0.200. The quantitative estimate of drug-likeness (QED) is 0.492. The van der Waals surface area contributed by atoms with Crippen LogP contribution >= 0.6 is 23.4 Å². The number of halogens is 1. The van der Waals surface area contributed by atoms with Gasteiger partial charge < -0.3 is 10.2 Å². The Hall–Kier alpha value is -2.96. The molecule has 0 spiro atoms. The Balaban J connectivity index is 1.54. The van der Waals surface area contributed by atoms with Crippen molar-refractivity contribution in [3.63, 3.8) is 0 Å². The summed E-state index contributed by atoms with van der Waals surface area (Å²) in [5.41, 5.74) is 4.27. The molecule has 1 N–H and O–H groups in total. The van der Waals surface area contributed by atoms with E-state index in [4.69, 9.17) is 11.6 Å². The molecule has 0 aromatic heterocycles. The van der Waals surface area contributed by atoms with Crippen LogP contribution in [-0.4, -0.2) is 31.7 Å². The van der Waals surface area contributed by atoms with Crippen molar-refractivity contribution in [2.24, 2.45) is 0 Å². The number of amides is 2. The highest BCUT2D eigenvalue weighted by molar-refractivity contribution is 8.00. The van der Waals surface area contributed by atoms with Crippen LogP contribution in [0.15, 0.2) is 78.9 Å². The summed E-state index contributed by atoms with van der Waals surface area (Å²) in [7, 11) is 3.97. The van der Waals surface area contributed by atoms with E-state index in [1.807, 2.05) is 103 Å². The maximum atomic E-state index is 12.7. The molecule has 0 unspecified atom stereocenters. The molecule has 2 atom stereocenters. The van der Waals surface area contributed by atoms with Crippen molar-refractivity contribution in [2.75, 3.05) is 35.0 Å². The van der Waals surface area contributed by atoms with Gasteiger partial charge in [0.2, 0.25) is 11.8 Å². The number of thioether (sulfide) groups is 1. The van der Waals surface area contributed by atoms with Crippen molar-refractivity contribution in [3.8, 4) is 0 Å². The minimum absolute atomic E-state index is 0.0666. The summed E-state index contributed by atoms with van der Waals surface area (Å²) in [5, 5.41) is 1.96. The Bertz CT molecular complexity index is 1110. The molecular weight excluding hydrogens is 442 g/mol. The highest BCUT2D eigenvalue weighted by Crippen LogP contribution is 2.42. The second kappa shape index (κ2) is 9.67. The maximum Gasteiger partial charge on any atom is 0.246 e. The van der Waals surface area contributed by atoms with Gasteiger partial charge in [0, 0.05) is 31.2 Å². The predicted molar refractivity (Wildman–Crippen MR) is 134 cm³/mol. The lowest BCUT2D eigenvalue weighted by Crippen LogP contribution is -2.28. The molecule has 3 aromatic rings. The first-order valence-corrected chi connectivity index (χ1v) is 11.7. The Morgan fingerprint density at radius 2 is 1.78 bits per heavy atom. The number of carbonyl (C=O) groups excluding carboxylic acids is 2. The van der Waals surface area contributed by atoms with Crippen molar-refractivity contribution in [2.45, 2.75) is 10.8 Å². The van der Waals surface area contributed by atoms with Gasteiger partial charge in [0.1, 0.15) is 10.8 Å². The zero-order valence-corrected chi connectivity index (χ0v) is 19.4. The number of alkyl halides is 1. The Labute approximate surface area is 197 Å². The standard InChI is InChI=1S/C25H24ClN3O2S/c1-28(2)20-11-13-21(14-12-20)29-22(30)16-32-25(29)18-9-6-10-19(15-18)27-24(31)23(26)17-7-4-3-5-8-17/h3-15,23,25H,16H2,1-2H3,(H,27,31)/t23-,25-/m0/s1. The largest absolute Gasteiger partial charge is 0.378 e. The molecule has 164 valence electrons. The van der Waals surface area contributed by atoms with Gasteiger partial charge in [-0.05, 0) is 47.5 Å². The molecule has 32 heavy (non-hydrogen) atoms. The van der Waals surface area contributed by atoms with Crippen molar-refractivity contribution in [3.05, 3.63) is 90.0 Å². The molecule has 5 nitrogen and oxygen atoms in total. The van der Waals surface area contributed by atoms with Crippen LogP contribution < -0.4 is 15.1 Å². The lowest BCUT2D eigenvalue weighted by Gasteiger charge is -2.25. The maximum absolute atomic E-state index is 12.7. The van der Waals surface area contributed by atoms with Crippen LogP contribution in [0, 0.1) is 0 Å². The van der Waals surface area contributed by atoms with Crippen LogP contribution in [-0.2, 0) is 9.59 Å². The Kier molecular flexibility index (Phi) is 6.72. The fourth-order valence-corrected chi connectivity index (χ4v) is 4.98. The van der Waals surface area contributed by atoms with E-state index in [0.717, 1.165) is 22.5 Å². The van der Waals surface area contributed by atoms with Gasteiger partial charge in [-0.3, -0.25) is 14.5 Å². The SMILES string of the molecule is CN(C)c1ccc(N2C(=O)CS[C@H]2c2cccc(NC(=O)[C@@H](Cl)c3ccccc3)c2)cc1. The Morgan fingerprint density at radius 3 is 2.47 bits per heavy atom. The highest BCUT2D eigenvalue weighted by Gasteiger charge is 2.34. The first kappa shape index (κ1) is 22.2. The predicted octanol–water partition coefficient (Wildman–Crippen LogP) is 5.45. The summed E-state index contributed by atoms with van der Waals surface area (Å²) in [6.07, 6.45) is 0. The topological polar surface area (TPSA) is 52.6 Å². The average Bonchev–Trinajstić information content (AvgIpc) is 3.20. The molecule has 1 saturated heterocycles. The molecular formula is C25H24ClN3O2S. The first-order chi connectivity index (χ1) is 15.4. The van der Waals surface area contributed by atoms with E-state index in [1.165, 1.54) is 0 Å². The van der Waals surface area contributed by atoms with Gasteiger partial charge in [0.15, 0.2) is 0 Å². The summed E-state index contributed by atoms with van der Waals surface area (Å²) < 4.78 is 0. The van der Waals surface area contributed by atoms with Crippen LogP contribution in [0.25, 0.3) is 0 Å². The summed E-state index contributed by atoms with van der Waals surface area (Å²) in [4.78, 5) is 29.2. The second-order valence-corrected chi connectivity index (χ2v) is 9.23. The van der Waals surface area contributed by atoms with Gasteiger partial charge in [0.25, 0.3) is 0 Å². The number of nitrogens with zero attached hydrogens (tertiary/aromatic N) is 2. The normalized spacial score (nSPS) is 16.7. The monoisotopic (exact) mass is 465 g/mol. The molecule has 0 radical (unpaired) electrons. The van der Waals surface area contributed by atoms with Gasteiger partial charge in [-0.2, -0.15) is 0 Å². The lowest BCUT2D eigenvalue weighted by molar-refractivity contribution is -0.116. The molecule has 1 heterocycles. The smallest absolute Gasteiger partial charge is 0.246 e. The van der Waals surface area contributed by atoms with E-state index < -0.39 is 5.38 Å². The second-order valence-electron chi connectivity index (χ2n) is 7.73. The van der Waals surface area contributed by atoms with E-state index in [9.17, 15) is 9.59 Å². The van der Waals surface area contributed by atoms with Crippen molar-refractivity contribution >= 4 is 52.2 Å². The molecule has 7 heteroatoms. The zero-order valence-electron chi connectivity index (χ0n) is 17.9. The van der Waals surface area contributed by atoms with Gasteiger partial charge in [0.05, 0.1) is 5.75 Å². The highest BCUT2D eigenvalue weighted by atomic mass is 35.5. The molecule has 4 rings (SSSR count). The fourth-order valence-electron chi connectivity index (χ4n) is 3.61. The van der Waals surface area contributed by atoms with Crippen LogP contribution in [0.3, 0.4) is 0 Å². The molecule has 0 bridgehead atoms. The molecule has 1 aliphatic rings. The van der Waals surface area contributed by atoms with E-state index in [0.29, 0.717) is 11.4 Å². The van der Waals surface area contributed by atoms with E-state index in [2.05, 4.69) is 5.32 Å². The number of nitrogens with one attached hydrogen (secondary N) is 1. The summed E-state index contributed by atoms with van der Waals surface area (Å²) in [5.74, 6) is 0.187. The number of rotatable bonds is 6. The van der Waals surface area contributed by atoms with Gasteiger partial charge in [-0.15, -0.1) is 23.4 Å². The van der Waals surface area contributed by atoms with Crippen molar-refractivity contribution in [1.82, 2.24) is 0 Å². The van der Waals surface area contributed by atoms with Gasteiger partial charge in [-0.1, -0.05) is 42.5 Å². The number of anilines is 3. The molecule has 1 fully saturated rings.